The summed E-state index contributed by atoms with van der Waals surface area (Å²) >= 11 is 18.3. The van der Waals surface area contributed by atoms with Crippen molar-refractivity contribution < 1.29 is 18.0 Å². The molecule has 0 aliphatic rings. The van der Waals surface area contributed by atoms with Gasteiger partial charge in [-0.25, -0.2) is 8.42 Å². The van der Waals surface area contributed by atoms with Crippen LogP contribution in [-0.2, 0) is 26.2 Å². The van der Waals surface area contributed by atoms with Gasteiger partial charge in [-0.15, -0.1) is 0 Å². The number of sulfonamides is 1. The quantitative estimate of drug-likeness (QED) is 0.370. The van der Waals surface area contributed by atoms with Crippen LogP contribution in [0.25, 0.3) is 0 Å². The van der Waals surface area contributed by atoms with Crippen LogP contribution >= 0.6 is 34.8 Å². The molecule has 1 atom stereocenters. The van der Waals surface area contributed by atoms with Crippen LogP contribution in [0.15, 0.2) is 71.6 Å². The molecule has 0 bridgehead atoms. The maximum absolute atomic E-state index is 13.8. The Morgan fingerprint density at radius 3 is 2.16 bits per heavy atom. The number of aryl methyl sites for hydroxylation is 1. The van der Waals surface area contributed by atoms with Crippen molar-refractivity contribution in [2.24, 2.45) is 0 Å². The SMILES string of the molecule is CNC(=O)[C@@H](C)N(Cc1ccc(Cl)cc1Cl)C(=O)CN(c1ccccc1C)S(=O)(=O)c1ccc(Cl)cc1. The fraction of sp³-hybridized carbons (Fsp3) is 0.231. The average Bonchev–Trinajstić information content (AvgIpc) is 2.86. The number of anilines is 1. The van der Waals surface area contributed by atoms with Crippen LogP contribution in [0.4, 0.5) is 5.69 Å². The van der Waals surface area contributed by atoms with Crippen molar-refractivity contribution in [3.8, 4) is 0 Å². The van der Waals surface area contributed by atoms with Gasteiger partial charge in [-0.2, -0.15) is 0 Å². The Morgan fingerprint density at radius 2 is 1.57 bits per heavy atom. The van der Waals surface area contributed by atoms with E-state index in [-0.39, 0.29) is 11.4 Å². The van der Waals surface area contributed by atoms with Crippen LogP contribution in [0.5, 0.6) is 0 Å². The van der Waals surface area contributed by atoms with Crippen molar-refractivity contribution in [2.75, 3.05) is 17.9 Å². The number of likely N-dealkylation sites (N-methyl/N-ethyl adjacent to an activating group) is 1. The Morgan fingerprint density at radius 1 is 0.946 bits per heavy atom. The summed E-state index contributed by atoms with van der Waals surface area (Å²) in [7, 11) is -2.72. The monoisotopic (exact) mass is 581 g/mol. The van der Waals surface area contributed by atoms with Gasteiger partial charge in [-0.1, -0.05) is 59.1 Å². The molecule has 0 aliphatic carbocycles. The Labute approximate surface area is 232 Å². The third kappa shape index (κ3) is 6.76. The van der Waals surface area contributed by atoms with E-state index >= 15 is 0 Å². The van der Waals surface area contributed by atoms with E-state index < -0.39 is 34.4 Å². The number of halogens is 3. The first-order chi connectivity index (χ1) is 17.4. The molecule has 11 heteroatoms. The number of nitrogens with one attached hydrogen (secondary N) is 1. The summed E-state index contributed by atoms with van der Waals surface area (Å²) in [4.78, 5) is 27.6. The van der Waals surface area contributed by atoms with Crippen molar-refractivity contribution in [1.29, 1.82) is 0 Å². The smallest absolute Gasteiger partial charge is 0.264 e. The minimum absolute atomic E-state index is 0.0281. The lowest BCUT2D eigenvalue weighted by atomic mass is 10.1. The van der Waals surface area contributed by atoms with Crippen LogP contribution in [0.3, 0.4) is 0 Å². The maximum Gasteiger partial charge on any atom is 0.264 e. The molecule has 2 amide bonds. The zero-order valence-electron chi connectivity index (χ0n) is 20.4. The number of rotatable bonds is 9. The molecule has 0 unspecified atom stereocenters. The Hall–Kier alpha value is -2.78. The van der Waals surface area contributed by atoms with Gasteiger partial charge in [0.2, 0.25) is 11.8 Å². The first-order valence-electron chi connectivity index (χ1n) is 11.2. The van der Waals surface area contributed by atoms with Crippen LogP contribution in [0.2, 0.25) is 15.1 Å². The normalized spacial score (nSPS) is 12.1. The van der Waals surface area contributed by atoms with E-state index in [2.05, 4.69) is 5.32 Å². The Balaban J connectivity index is 2.06. The van der Waals surface area contributed by atoms with Gasteiger partial charge in [0.15, 0.2) is 0 Å². The van der Waals surface area contributed by atoms with E-state index in [4.69, 9.17) is 34.8 Å². The van der Waals surface area contributed by atoms with E-state index in [0.29, 0.717) is 31.9 Å². The summed E-state index contributed by atoms with van der Waals surface area (Å²) in [6.45, 7) is 2.73. The van der Waals surface area contributed by atoms with Crippen LogP contribution < -0.4 is 9.62 Å². The van der Waals surface area contributed by atoms with E-state index in [9.17, 15) is 18.0 Å². The second-order valence-corrected chi connectivity index (χ2v) is 11.4. The maximum atomic E-state index is 13.8. The van der Waals surface area contributed by atoms with Gasteiger partial charge in [0.05, 0.1) is 10.6 Å². The zero-order chi connectivity index (χ0) is 27.3. The molecule has 0 spiro atoms. The highest BCUT2D eigenvalue weighted by molar-refractivity contribution is 7.92. The first kappa shape index (κ1) is 28.8. The number of hydrogen-bond acceptors (Lipinski definition) is 4. The fourth-order valence-electron chi connectivity index (χ4n) is 3.72. The molecule has 3 aromatic rings. The van der Waals surface area contributed by atoms with Crippen molar-refractivity contribution in [2.45, 2.75) is 31.3 Å². The molecule has 0 heterocycles. The lowest BCUT2D eigenvalue weighted by Gasteiger charge is -2.32. The topological polar surface area (TPSA) is 86.8 Å². The van der Waals surface area contributed by atoms with Gasteiger partial charge < -0.3 is 10.2 Å². The van der Waals surface area contributed by atoms with Crippen molar-refractivity contribution in [1.82, 2.24) is 10.2 Å². The molecular weight excluding hydrogens is 557 g/mol. The minimum Gasteiger partial charge on any atom is -0.357 e. The summed E-state index contributed by atoms with van der Waals surface area (Å²) in [5, 5.41) is 3.65. The molecule has 0 saturated heterocycles. The molecule has 0 fully saturated rings. The number of carbonyl (C=O) groups excluding carboxylic acids is 2. The summed E-state index contributed by atoms with van der Waals surface area (Å²) < 4.78 is 28.6. The summed E-state index contributed by atoms with van der Waals surface area (Å²) in [5.41, 5.74) is 1.54. The minimum atomic E-state index is -4.18. The Kier molecular flexibility index (Phi) is 9.47. The summed E-state index contributed by atoms with van der Waals surface area (Å²) in [6, 6.07) is 16.4. The van der Waals surface area contributed by atoms with E-state index in [1.165, 1.54) is 42.3 Å². The van der Waals surface area contributed by atoms with Gasteiger partial charge >= 0.3 is 0 Å². The number of carbonyl (C=O) groups is 2. The molecule has 37 heavy (non-hydrogen) atoms. The van der Waals surface area contributed by atoms with Crippen LogP contribution in [0, 0.1) is 6.92 Å². The lowest BCUT2D eigenvalue weighted by molar-refractivity contribution is -0.139. The molecule has 0 saturated carbocycles. The van der Waals surface area contributed by atoms with E-state index in [0.717, 1.165) is 4.31 Å². The van der Waals surface area contributed by atoms with E-state index in [1.54, 1.807) is 50.2 Å². The second kappa shape index (κ2) is 12.2. The predicted molar refractivity (Wildman–Crippen MR) is 148 cm³/mol. The molecule has 196 valence electrons. The number of benzene rings is 3. The van der Waals surface area contributed by atoms with Crippen LogP contribution in [-0.4, -0.2) is 44.8 Å². The van der Waals surface area contributed by atoms with Crippen molar-refractivity contribution in [3.05, 3.63) is 92.9 Å². The third-order valence-corrected chi connectivity index (χ3v) is 8.45. The lowest BCUT2D eigenvalue weighted by Crippen LogP contribution is -2.50. The molecule has 0 radical (unpaired) electrons. The standard InChI is InChI=1S/C26H26Cl3N3O4S/c1-17-6-4-5-7-24(17)32(37(35,36)22-12-10-20(27)11-13-22)16-25(33)31(18(2)26(34)30-3)15-19-8-9-21(28)14-23(19)29/h4-14,18H,15-16H2,1-3H3,(H,30,34)/t18-/m1/s1. The number of nitrogens with zero attached hydrogens (tertiary/aromatic N) is 2. The molecule has 0 aliphatic heterocycles. The van der Waals surface area contributed by atoms with Crippen molar-refractivity contribution >= 4 is 62.3 Å². The van der Waals surface area contributed by atoms with Gasteiger partial charge in [0.1, 0.15) is 12.6 Å². The van der Waals surface area contributed by atoms with Gasteiger partial charge in [0, 0.05) is 28.7 Å². The highest BCUT2D eigenvalue weighted by Gasteiger charge is 2.33. The summed E-state index contributed by atoms with van der Waals surface area (Å²) in [5.74, 6) is -1.01. The second-order valence-electron chi connectivity index (χ2n) is 8.30. The van der Waals surface area contributed by atoms with Gasteiger partial charge in [-0.05, 0) is 67.4 Å². The predicted octanol–water partition coefficient (Wildman–Crippen LogP) is 5.31. The first-order valence-corrected chi connectivity index (χ1v) is 13.8. The van der Waals surface area contributed by atoms with Gasteiger partial charge in [0.25, 0.3) is 10.0 Å². The molecule has 0 aromatic heterocycles. The molecule has 1 N–H and O–H groups in total. The number of hydrogen-bond donors (Lipinski definition) is 1. The Bertz CT molecular complexity index is 1400. The molecule has 3 rings (SSSR count). The molecule has 3 aromatic carbocycles. The van der Waals surface area contributed by atoms with Crippen LogP contribution in [0.1, 0.15) is 18.1 Å². The number of amides is 2. The fourth-order valence-corrected chi connectivity index (χ4v) is 5.79. The van der Waals surface area contributed by atoms with E-state index in [1.807, 2.05) is 0 Å². The summed E-state index contributed by atoms with van der Waals surface area (Å²) in [6.07, 6.45) is 0. The molecular formula is C26H26Cl3N3O4S. The highest BCUT2D eigenvalue weighted by Crippen LogP contribution is 2.29. The third-order valence-electron chi connectivity index (χ3n) is 5.83. The van der Waals surface area contributed by atoms with Crippen molar-refractivity contribution in [3.63, 3.8) is 0 Å². The average molecular weight is 583 g/mol. The largest absolute Gasteiger partial charge is 0.357 e. The highest BCUT2D eigenvalue weighted by atomic mass is 35.5. The molecule has 7 nitrogen and oxygen atoms in total. The van der Waals surface area contributed by atoms with Gasteiger partial charge in [-0.3, -0.25) is 13.9 Å². The number of para-hydroxylation sites is 1. The zero-order valence-corrected chi connectivity index (χ0v) is 23.5.